The van der Waals surface area contributed by atoms with Gasteiger partial charge in [-0.2, -0.15) is 15.5 Å². The molecule has 3 heterocycles. The number of hydrogen-bond donors (Lipinski definition) is 0. The number of rotatable bonds is 8. The zero-order chi connectivity index (χ0) is 27.4. The molecule has 0 spiro atoms. The second-order valence-corrected chi connectivity index (χ2v) is 8.14. The van der Waals surface area contributed by atoms with E-state index in [4.69, 9.17) is 18.9 Å². The molecule has 0 fully saturated rings. The second-order valence-electron chi connectivity index (χ2n) is 8.14. The van der Waals surface area contributed by atoms with Crippen molar-refractivity contribution in [2.75, 3.05) is 21.3 Å². The van der Waals surface area contributed by atoms with E-state index in [-0.39, 0.29) is 28.5 Å². The van der Waals surface area contributed by atoms with Crippen molar-refractivity contribution in [1.82, 2.24) is 24.5 Å². The lowest BCUT2D eigenvalue weighted by Gasteiger charge is -2.16. The largest absolute Gasteiger partial charge is 0.493 e. The van der Waals surface area contributed by atoms with Gasteiger partial charge >= 0.3 is 5.97 Å². The van der Waals surface area contributed by atoms with Gasteiger partial charge in [-0.25, -0.2) is 9.48 Å². The Morgan fingerprint density at radius 3 is 2.21 bits per heavy atom. The Kier molecular flexibility index (Phi) is 7.43. The minimum Gasteiger partial charge on any atom is -0.493 e. The number of carbonyl (C=O) groups is 1. The van der Waals surface area contributed by atoms with E-state index in [2.05, 4.69) is 21.3 Å². The summed E-state index contributed by atoms with van der Waals surface area (Å²) in [5, 5.41) is 19.2. The fraction of sp³-hybridized carbons (Fsp3) is 0.222. The van der Waals surface area contributed by atoms with Gasteiger partial charge in [-0.1, -0.05) is 6.07 Å². The molecule has 11 heteroatoms. The number of methoxy groups -OCH3 is 3. The Hall–Kier alpha value is -5.11. The number of nitriles is 1. The number of hydrogen-bond acceptors (Lipinski definition) is 9. The molecule has 0 aliphatic carbocycles. The summed E-state index contributed by atoms with van der Waals surface area (Å²) < 4.78 is 24.9. The third kappa shape index (κ3) is 4.79. The number of nitrogens with zero attached hydrogens (tertiary/aromatic N) is 6. The van der Waals surface area contributed by atoms with Crippen LogP contribution < -0.4 is 14.2 Å². The van der Waals surface area contributed by atoms with Crippen molar-refractivity contribution in [1.29, 1.82) is 5.26 Å². The predicted molar refractivity (Wildman–Crippen MR) is 138 cm³/mol. The quantitative estimate of drug-likeness (QED) is 0.195. The van der Waals surface area contributed by atoms with E-state index < -0.39 is 5.97 Å². The number of aryl methyl sites for hydroxylation is 2. The summed E-state index contributed by atoms with van der Waals surface area (Å²) >= 11 is 0. The zero-order valence-electron chi connectivity index (χ0n) is 21.8. The lowest BCUT2D eigenvalue weighted by atomic mass is 10.1. The van der Waals surface area contributed by atoms with Crippen LogP contribution in [0.4, 0.5) is 0 Å². The van der Waals surface area contributed by atoms with E-state index in [1.807, 2.05) is 26.0 Å². The zero-order valence-corrected chi connectivity index (χ0v) is 21.8. The van der Waals surface area contributed by atoms with Gasteiger partial charge in [0.05, 0.1) is 38.3 Å². The van der Waals surface area contributed by atoms with Gasteiger partial charge in [0.25, 0.3) is 0 Å². The molecule has 0 atom stereocenters. The molecule has 1 aromatic carbocycles. The Labute approximate surface area is 219 Å². The highest BCUT2D eigenvalue weighted by Gasteiger charge is 2.26. The first-order valence-electron chi connectivity index (χ1n) is 11.5. The standard InChI is InChI=1S/C27H26N6O5/c1-16-17(2)30-32(3)24(16)25(21(15-28)33-12-10-20(31-33)19-9-7-8-11-29-19)38-27(34)18-13-22(35-4)26(37-6)23(14-18)36-5/h7-14H,1-6H3. The SMILES string of the molecule is COc1cc(C(=O)OC(=C(C#N)n2ccc(-c3ccccn3)n2)c2c(C)c(C)nn2C)cc(OC)c1OC. The first kappa shape index (κ1) is 26.0. The molecule has 0 radical (unpaired) electrons. The van der Waals surface area contributed by atoms with Gasteiger partial charge in [-0.15, -0.1) is 0 Å². The Morgan fingerprint density at radius 1 is 0.974 bits per heavy atom. The summed E-state index contributed by atoms with van der Waals surface area (Å²) in [6, 6.07) is 12.3. The van der Waals surface area contributed by atoms with Crippen LogP contribution in [0.2, 0.25) is 0 Å². The molecular weight excluding hydrogens is 488 g/mol. The predicted octanol–water partition coefficient (Wildman–Crippen LogP) is 4.03. The van der Waals surface area contributed by atoms with E-state index >= 15 is 0 Å². The average Bonchev–Trinajstić information content (AvgIpc) is 3.51. The van der Waals surface area contributed by atoms with Crippen molar-refractivity contribution in [3.05, 3.63) is 71.3 Å². The van der Waals surface area contributed by atoms with Crippen molar-refractivity contribution in [2.45, 2.75) is 13.8 Å². The van der Waals surface area contributed by atoms with Gasteiger partial charge in [0.2, 0.25) is 5.75 Å². The van der Waals surface area contributed by atoms with Crippen molar-refractivity contribution in [3.63, 3.8) is 0 Å². The van der Waals surface area contributed by atoms with Crippen molar-refractivity contribution in [3.8, 4) is 34.7 Å². The lowest BCUT2D eigenvalue weighted by molar-refractivity contribution is 0.0690. The first-order valence-corrected chi connectivity index (χ1v) is 11.5. The monoisotopic (exact) mass is 514 g/mol. The minimum absolute atomic E-state index is 0.0116. The van der Waals surface area contributed by atoms with Gasteiger partial charge < -0.3 is 18.9 Å². The fourth-order valence-electron chi connectivity index (χ4n) is 3.95. The van der Waals surface area contributed by atoms with Crippen LogP contribution in [0.3, 0.4) is 0 Å². The molecule has 4 rings (SSSR count). The summed E-state index contributed by atoms with van der Waals surface area (Å²) in [4.78, 5) is 17.8. The van der Waals surface area contributed by atoms with Crippen LogP contribution in [0.25, 0.3) is 22.8 Å². The molecule has 0 amide bonds. The van der Waals surface area contributed by atoms with Crippen LogP contribution in [0, 0.1) is 25.2 Å². The van der Waals surface area contributed by atoms with E-state index in [1.165, 1.54) is 38.1 Å². The van der Waals surface area contributed by atoms with Crippen LogP contribution in [-0.2, 0) is 11.8 Å². The highest BCUT2D eigenvalue weighted by molar-refractivity contribution is 5.98. The average molecular weight is 515 g/mol. The normalized spacial score (nSPS) is 11.4. The van der Waals surface area contributed by atoms with Gasteiger partial charge in [0.15, 0.2) is 23.0 Å². The third-order valence-electron chi connectivity index (χ3n) is 5.90. The van der Waals surface area contributed by atoms with Crippen LogP contribution in [0.5, 0.6) is 17.2 Å². The van der Waals surface area contributed by atoms with E-state index in [9.17, 15) is 10.1 Å². The summed E-state index contributed by atoms with van der Waals surface area (Å²) in [6.07, 6.45) is 3.26. The Bertz CT molecular complexity index is 1540. The Balaban J connectivity index is 1.86. The highest BCUT2D eigenvalue weighted by Crippen LogP contribution is 2.39. The van der Waals surface area contributed by atoms with E-state index in [1.54, 1.807) is 36.3 Å². The molecule has 0 unspecified atom stereocenters. The van der Waals surface area contributed by atoms with Crippen molar-refractivity contribution < 1.29 is 23.7 Å². The van der Waals surface area contributed by atoms with Crippen molar-refractivity contribution >= 4 is 17.4 Å². The molecule has 4 aromatic rings. The summed E-state index contributed by atoms with van der Waals surface area (Å²) in [5.74, 6) is 0.135. The number of benzene rings is 1. The molecular formula is C27H26N6O5. The van der Waals surface area contributed by atoms with Gasteiger partial charge in [0, 0.05) is 25.0 Å². The topological polar surface area (TPSA) is 126 Å². The maximum atomic E-state index is 13.5. The fourth-order valence-corrected chi connectivity index (χ4v) is 3.95. The molecule has 38 heavy (non-hydrogen) atoms. The molecule has 0 saturated heterocycles. The minimum atomic E-state index is -0.748. The molecule has 194 valence electrons. The lowest BCUT2D eigenvalue weighted by Crippen LogP contribution is -2.13. The van der Waals surface area contributed by atoms with Gasteiger partial charge in [-0.05, 0) is 44.2 Å². The summed E-state index contributed by atoms with van der Waals surface area (Å²) in [5.41, 5.74) is 3.20. The number of esters is 1. The smallest absolute Gasteiger partial charge is 0.343 e. The number of pyridine rings is 1. The molecule has 3 aromatic heterocycles. The van der Waals surface area contributed by atoms with Gasteiger partial charge in [0.1, 0.15) is 17.5 Å². The number of aromatic nitrogens is 5. The molecule has 11 nitrogen and oxygen atoms in total. The second kappa shape index (κ2) is 10.9. The molecule has 0 aliphatic heterocycles. The maximum Gasteiger partial charge on any atom is 0.343 e. The highest BCUT2D eigenvalue weighted by atomic mass is 16.5. The Morgan fingerprint density at radius 2 is 1.68 bits per heavy atom. The number of allylic oxidation sites excluding steroid dienone is 1. The number of ether oxygens (including phenoxy) is 4. The summed E-state index contributed by atoms with van der Waals surface area (Å²) in [6.45, 7) is 3.67. The van der Waals surface area contributed by atoms with Crippen LogP contribution in [0.15, 0.2) is 48.8 Å². The van der Waals surface area contributed by atoms with E-state index in [0.29, 0.717) is 22.8 Å². The summed E-state index contributed by atoms with van der Waals surface area (Å²) in [7, 11) is 6.07. The third-order valence-corrected chi connectivity index (χ3v) is 5.90. The number of carbonyl (C=O) groups excluding carboxylic acids is 1. The van der Waals surface area contributed by atoms with Crippen molar-refractivity contribution in [2.24, 2.45) is 7.05 Å². The molecule has 0 bridgehead atoms. The van der Waals surface area contributed by atoms with Crippen LogP contribution in [-0.4, -0.2) is 51.8 Å². The van der Waals surface area contributed by atoms with E-state index in [0.717, 1.165) is 11.3 Å². The molecule has 0 aliphatic rings. The molecule has 0 saturated carbocycles. The van der Waals surface area contributed by atoms with Crippen LogP contribution >= 0.6 is 0 Å². The molecule has 0 N–H and O–H groups in total. The first-order chi connectivity index (χ1) is 18.3. The van der Waals surface area contributed by atoms with Crippen LogP contribution in [0.1, 0.15) is 27.3 Å². The van der Waals surface area contributed by atoms with Gasteiger partial charge in [-0.3, -0.25) is 9.67 Å². The maximum absolute atomic E-state index is 13.5.